The number of fused-ring (bicyclic) bond motifs is 7. The van der Waals surface area contributed by atoms with Gasteiger partial charge in [0, 0.05) is 31.3 Å². The second-order valence-corrected chi connectivity index (χ2v) is 20.8. The minimum Gasteiger partial charge on any atom is -0.481 e. The highest BCUT2D eigenvalue weighted by atomic mass is 16.5. The Balaban J connectivity index is 1.22. The van der Waals surface area contributed by atoms with Crippen molar-refractivity contribution in [2.75, 3.05) is 19.7 Å². The van der Waals surface area contributed by atoms with Gasteiger partial charge in [-0.2, -0.15) is 0 Å². The maximum absolute atomic E-state index is 14.1. The maximum Gasteiger partial charge on any atom is 0.309 e. The molecule has 6 fully saturated rings. The zero-order valence-electron chi connectivity index (χ0n) is 33.7. The van der Waals surface area contributed by atoms with Gasteiger partial charge in [-0.3, -0.25) is 19.2 Å². The highest BCUT2D eigenvalue weighted by Crippen LogP contribution is 2.78. The lowest BCUT2D eigenvalue weighted by molar-refractivity contribution is -0.250. The summed E-state index contributed by atoms with van der Waals surface area (Å²) in [6.07, 6.45) is 12.3. The molecule has 11 atom stereocenters. The molecular formula is C44H69NO7. The molecule has 5 saturated carbocycles. The number of carboxylic acids is 1. The molecule has 6 rings (SSSR count). The van der Waals surface area contributed by atoms with Gasteiger partial charge in [0.1, 0.15) is 12.7 Å². The number of Topliss-reactive ketones (excluding diaryl/α,β-unsaturated/α-hetero) is 1. The van der Waals surface area contributed by atoms with Gasteiger partial charge in [0.05, 0.1) is 11.8 Å². The van der Waals surface area contributed by atoms with Crippen LogP contribution in [0.3, 0.4) is 0 Å². The summed E-state index contributed by atoms with van der Waals surface area (Å²) in [6, 6.07) is 0. The van der Waals surface area contributed by atoms with Crippen LogP contribution in [0.15, 0.2) is 12.2 Å². The third kappa shape index (κ3) is 6.21. The smallest absolute Gasteiger partial charge is 0.309 e. The number of ether oxygens (including phenoxy) is 1. The molecule has 0 bridgehead atoms. The van der Waals surface area contributed by atoms with Crippen molar-refractivity contribution in [2.24, 2.45) is 68.0 Å². The van der Waals surface area contributed by atoms with E-state index in [1.165, 1.54) is 18.4 Å². The van der Waals surface area contributed by atoms with Gasteiger partial charge in [-0.15, -0.1) is 0 Å². The number of allylic oxidation sites excluding steroid dienone is 1. The second kappa shape index (κ2) is 13.5. The number of ketones is 1. The fourth-order valence-electron chi connectivity index (χ4n) is 14.4. The van der Waals surface area contributed by atoms with Gasteiger partial charge in [-0.1, -0.05) is 46.8 Å². The van der Waals surface area contributed by atoms with Gasteiger partial charge in [0.15, 0.2) is 5.78 Å². The molecule has 8 heteroatoms. The number of carboxylic acid groups (broad SMARTS) is 1. The number of carbonyl (C=O) groups is 4. The molecule has 5 aliphatic carbocycles. The minimum absolute atomic E-state index is 0.00663. The van der Waals surface area contributed by atoms with E-state index in [0.29, 0.717) is 55.5 Å². The number of carbonyl (C=O) groups excluding carboxylic acids is 3. The molecule has 1 aliphatic heterocycles. The number of aliphatic hydroxyl groups excluding tert-OH is 1. The number of rotatable bonds is 10. The number of hydrogen-bond donors (Lipinski definition) is 2. The largest absolute Gasteiger partial charge is 0.481 e. The summed E-state index contributed by atoms with van der Waals surface area (Å²) in [4.78, 5) is 52.9. The van der Waals surface area contributed by atoms with Gasteiger partial charge in [-0.05, 0) is 149 Å². The second-order valence-electron chi connectivity index (χ2n) is 20.8. The Morgan fingerprint density at radius 3 is 2.23 bits per heavy atom. The molecule has 292 valence electrons. The lowest BCUT2D eigenvalue weighted by atomic mass is 9.32. The molecular weight excluding hydrogens is 654 g/mol. The van der Waals surface area contributed by atoms with Gasteiger partial charge >= 0.3 is 11.9 Å². The van der Waals surface area contributed by atoms with Crippen LogP contribution in [0.25, 0.3) is 0 Å². The molecule has 0 radical (unpaired) electrons. The first-order chi connectivity index (χ1) is 24.1. The standard InChI is InChI=1S/C44H69NO7/c1-27(2)30-12-18-44(23-35(48)45-21-15-28(25-45)22-29(47)26-46)20-19-42(8)31(37(30)44)10-11-33-41(7)16-14-34(52-36(49)24-39(3,4)38(50)51)40(5,6)32(41)13-17-43(33,42)9/h28,30-34,37,46H,1,10-26H2,2-9H3,(H,50,51)/t28-,30+,31-,32+,33-,34+,37-,41+,42-,43-,44-/m1/s1. The number of aliphatic hydroxyl groups is 1. The third-order valence-corrected chi connectivity index (χ3v) is 17.5. The summed E-state index contributed by atoms with van der Waals surface area (Å²) in [5.74, 6) is 1.29. The maximum atomic E-state index is 14.1. The van der Waals surface area contributed by atoms with E-state index in [-0.39, 0.29) is 57.2 Å². The fourth-order valence-corrected chi connectivity index (χ4v) is 14.4. The van der Waals surface area contributed by atoms with Gasteiger partial charge < -0.3 is 19.8 Å². The van der Waals surface area contributed by atoms with Crippen LogP contribution in [-0.2, 0) is 23.9 Å². The Labute approximate surface area is 313 Å². The number of esters is 1. The van der Waals surface area contributed by atoms with Gasteiger partial charge in [0.2, 0.25) is 5.91 Å². The lowest BCUT2D eigenvalue weighted by Gasteiger charge is -2.73. The summed E-state index contributed by atoms with van der Waals surface area (Å²) in [5.41, 5.74) is 0.325. The summed E-state index contributed by atoms with van der Waals surface area (Å²) >= 11 is 0. The molecule has 0 aromatic rings. The van der Waals surface area contributed by atoms with Crippen molar-refractivity contribution in [1.29, 1.82) is 0 Å². The Kier molecular flexibility index (Phi) is 10.3. The fraction of sp³-hybridized carbons (Fsp3) is 0.864. The summed E-state index contributed by atoms with van der Waals surface area (Å²) in [6.45, 7) is 23.2. The van der Waals surface area contributed by atoms with Crippen LogP contribution in [-0.4, -0.2) is 64.5 Å². The molecule has 0 spiro atoms. The Morgan fingerprint density at radius 2 is 1.58 bits per heavy atom. The summed E-state index contributed by atoms with van der Waals surface area (Å²) < 4.78 is 6.18. The van der Waals surface area contributed by atoms with Crippen molar-refractivity contribution in [3.63, 3.8) is 0 Å². The molecule has 6 aliphatic rings. The van der Waals surface area contributed by atoms with Crippen LogP contribution >= 0.6 is 0 Å². The van der Waals surface area contributed by atoms with Gasteiger partial charge in [0.25, 0.3) is 0 Å². The van der Waals surface area contributed by atoms with Crippen molar-refractivity contribution in [3.8, 4) is 0 Å². The Bertz CT molecular complexity index is 1470. The van der Waals surface area contributed by atoms with Gasteiger partial charge in [-0.25, -0.2) is 0 Å². The predicted molar refractivity (Wildman–Crippen MR) is 201 cm³/mol. The monoisotopic (exact) mass is 724 g/mol. The number of nitrogens with zero attached hydrogens (tertiary/aromatic N) is 1. The van der Waals surface area contributed by atoms with Crippen LogP contribution < -0.4 is 0 Å². The van der Waals surface area contributed by atoms with Crippen LogP contribution in [0.5, 0.6) is 0 Å². The van der Waals surface area contributed by atoms with Crippen molar-refractivity contribution in [2.45, 2.75) is 151 Å². The lowest BCUT2D eigenvalue weighted by Crippen LogP contribution is -2.67. The van der Waals surface area contributed by atoms with Crippen LogP contribution in [0.4, 0.5) is 0 Å². The number of likely N-dealkylation sites (tertiary alicyclic amines) is 1. The number of amides is 1. The highest BCUT2D eigenvalue weighted by Gasteiger charge is 2.71. The summed E-state index contributed by atoms with van der Waals surface area (Å²) in [7, 11) is 0. The van der Waals surface area contributed by atoms with E-state index in [1.54, 1.807) is 13.8 Å². The first kappa shape index (κ1) is 39.5. The van der Waals surface area contributed by atoms with E-state index in [9.17, 15) is 29.4 Å². The third-order valence-electron chi connectivity index (χ3n) is 17.5. The van der Waals surface area contributed by atoms with E-state index in [4.69, 9.17) is 4.74 Å². The van der Waals surface area contributed by atoms with E-state index in [1.807, 2.05) is 4.90 Å². The van der Waals surface area contributed by atoms with E-state index < -0.39 is 24.0 Å². The number of aliphatic carboxylic acids is 1. The average molecular weight is 724 g/mol. The van der Waals surface area contributed by atoms with E-state index >= 15 is 0 Å². The molecule has 0 aromatic heterocycles. The van der Waals surface area contributed by atoms with Crippen molar-refractivity contribution in [1.82, 2.24) is 4.90 Å². The SMILES string of the molecule is C=C(C)[C@@H]1CC[C@]2(CC(=O)N3CC[C@H](CC(=O)CO)C3)CC[C@]3(C)[C@H](CC[C@@H]4[C@@]5(C)CC[C@H](OC(=O)CC(C)(C)C(=O)O)C(C)(C)[C@@H]5CC[C@]43C)[C@@H]12. The van der Waals surface area contributed by atoms with E-state index in [2.05, 4.69) is 48.1 Å². The molecule has 2 N–H and O–H groups in total. The van der Waals surface area contributed by atoms with Crippen molar-refractivity contribution < 1.29 is 34.1 Å². The van der Waals surface area contributed by atoms with Crippen molar-refractivity contribution in [3.05, 3.63) is 12.2 Å². The molecule has 1 saturated heterocycles. The minimum atomic E-state index is -1.15. The molecule has 0 unspecified atom stereocenters. The van der Waals surface area contributed by atoms with E-state index in [0.717, 1.165) is 57.8 Å². The molecule has 8 nitrogen and oxygen atoms in total. The van der Waals surface area contributed by atoms with Crippen LogP contribution in [0, 0.1) is 68.0 Å². The predicted octanol–water partition coefficient (Wildman–Crippen LogP) is 8.25. The Morgan fingerprint density at radius 1 is 0.865 bits per heavy atom. The molecule has 1 heterocycles. The highest BCUT2D eigenvalue weighted by molar-refractivity contribution is 5.82. The first-order valence-electron chi connectivity index (χ1n) is 20.6. The average Bonchev–Trinajstić information content (AvgIpc) is 3.68. The van der Waals surface area contributed by atoms with Crippen LogP contribution in [0.1, 0.15) is 145 Å². The van der Waals surface area contributed by atoms with Crippen molar-refractivity contribution >= 4 is 23.6 Å². The molecule has 52 heavy (non-hydrogen) atoms. The quantitative estimate of drug-likeness (QED) is 0.172. The zero-order chi connectivity index (χ0) is 38.2. The van der Waals surface area contributed by atoms with Crippen LogP contribution in [0.2, 0.25) is 0 Å². The number of hydrogen-bond acceptors (Lipinski definition) is 6. The summed E-state index contributed by atoms with van der Waals surface area (Å²) in [5, 5.41) is 18.9. The molecule has 1 amide bonds. The Hall–Kier alpha value is -2.22. The first-order valence-corrected chi connectivity index (χ1v) is 20.6. The normalized spacial score (nSPS) is 42.3. The topological polar surface area (TPSA) is 121 Å². The zero-order valence-corrected chi connectivity index (χ0v) is 33.7. The molecule has 0 aromatic carbocycles.